The predicted molar refractivity (Wildman–Crippen MR) is 134 cm³/mol. The molecule has 5 rings (SSSR count). The number of ether oxygens (including phenoxy) is 1. The molecule has 3 aromatic heterocycles. The van der Waals surface area contributed by atoms with Gasteiger partial charge in [-0.25, -0.2) is 24.3 Å². The smallest absolute Gasteiger partial charge is 0.417 e. The van der Waals surface area contributed by atoms with Crippen LogP contribution in [0.25, 0.3) is 22.6 Å². The van der Waals surface area contributed by atoms with E-state index in [-0.39, 0.29) is 24.3 Å². The third kappa shape index (κ3) is 5.46. The van der Waals surface area contributed by atoms with Crippen molar-refractivity contribution >= 4 is 5.95 Å². The topological polar surface area (TPSA) is 77.8 Å². The van der Waals surface area contributed by atoms with E-state index in [9.17, 15) is 17.6 Å². The Balaban J connectivity index is 1.47. The SMILES string of the molecule is CCCCNc1nccc(-c2c(-c3ccc(F)cc3)nc3n2[C@H](COc2ccc(C(F)(F)F)cn2)CC3)n1. The second-order valence-corrected chi connectivity index (χ2v) is 9.03. The first-order valence-corrected chi connectivity index (χ1v) is 12.4. The maximum atomic E-state index is 13.7. The Morgan fingerprint density at radius 1 is 1.05 bits per heavy atom. The van der Waals surface area contributed by atoms with Gasteiger partial charge in [0.05, 0.1) is 28.7 Å². The number of rotatable bonds is 9. The first-order valence-electron chi connectivity index (χ1n) is 12.4. The number of aryl methyl sites for hydroxylation is 1. The zero-order valence-electron chi connectivity index (χ0n) is 20.7. The van der Waals surface area contributed by atoms with Crippen molar-refractivity contribution in [1.29, 1.82) is 0 Å². The van der Waals surface area contributed by atoms with E-state index in [0.29, 0.717) is 23.8 Å². The van der Waals surface area contributed by atoms with Crippen molar-refractivity contribution in [2.75, 3.05) is 18.5 Å². The van der Waals surface area contributed by atoms with Crippen LogP contribution >= 0.6 is 0 Å². The summed E-state index contributed by atoms with van der Waals surface area (Å²) in [5.41, 5.74) is 1.97. The van der Waals surface area contributed by atoms with Gasteiger partial charge >= 0.3 is 6.18 Å². The van der Waals surface area contributed by atoms with Crippen LogP contribution in [0.1, 0.15) is 43.6 Å². The summed E-state index contributed by atoms with van der Waals surface area (Å²) < 4.78 is 60.1. The molecule has 1 aliphatic rings. The highest BCUT2D eigenvalue weighted by Gasteiger charge is 2.32. The standard InChI is InChI=1S/C27H26F4N6O/c1-2-3-13-32-26-33-14-12-21(35-26)25-24(17-4-7-19(28)8-5-17)36-22-10-9-20(37(22)25)16-38-23-11-6-18(15-34-23)27(29,30)31/h4-8,11-12,14-15,20H,2-3,9-10,13,16H2,1H3,(H,32,33,35)/t20-/m0/s1. The number of nitrogens with zero attached hydrogens (tertiary/aromatic N) is 5. The third-order valence-corrected chi connectivity index (χ3v) is 6.37. The lowest BCUT2D eigenvalue weighted by Crippen LogP contribution is -2.16. The Hall–Kier alpha value is -4.02. The van der Waals surface area contributed by atoms with E-state index in [2.05, 4.69) is 26.8 Å². The van der Waals surface area contributed by atoms with Gasteiger partial charge in [-0.2, -0.15) is 13.2 Å². The summed E-state index contributed by atoms with van der Waals surface area (Å²) in [7, 11) is 0. The molecule has 0 unspecified atom stereocenters. The van der Waals surface area contributed by atoms with E-state index in [0.717, 1.165) is 55.2 Å². The number of fused-ring (bicyclic) bond motifs is 1. The van der Waals surface area contributed by atoms with E-state index < -0.39 is 11.7 Å². The van der Waals surface area contributed by atoms with E-state index in [1.54, 1.807) is 24.4 Å². The Morgan fingerprint density at radius 2 is 1.87 bits per heavy atom. The van der Waals surface area contributed by atoms with Gasteiger partial charge < -0.3 is 14.6 Å². The Labute approximate surface area is 217 Å². The van der Waals surface area contributed by atoms with Gasteiger partial charge in [0.1, 0.15) is 18.2 Å². The van der Waals surface area contributed by atoms with Crippen molar-refractivity contribution in [3.63, 3.8) is 0 Å². The summed E-state index contributed by atoms with van der Waals surface area (Å²) in [4.78, 5) is 17.8. The van der Waals surface area contributed by atoms with E-state index in [1.165, 1.54) is 18.2 Å². The number of imidazole rings is 1. The van der Waals surface area contributed by atoms with Crippen LogP contribution in [0, 0.1) is 5.82 Å². The van der Waals surface area contributed by atoms with Gasteiger partial charge in [0.15, 0.2) is 0 Å². The minimum atomic E-state index is -4.46. The molecule has 0 bridgehead atoms. The quantitative estimate of drug-likeness (QED) is 0.203. The highest BCUT2D eigenvalue weighted by Crippen LogP contribution is 2.39. The molecule has 1 aromatic carbocycles. The number of nitrogens with one attached hydrogen (secondary N) is 1. The Kier molecular flexibility index (Phi) is 7.26. The van der Waals surface area contributed by atoms with Crippen LogP contribution < -0.4 is 10.1 Å². The lowest BCUT2D eigenvalue weighted by molar-refractivity contribution is -0.137. The number of unbranched alkanes of at least 4 members (excludes halogenated alkanes) is 1. The number of aromatic nitrogens is 5. The number of halogens is 4. The monoisotopic (exact) mass is 526 g/mol. The lowest BCUT2D eigenvalue weighted by Gasteiger charge is -2.18. The molecule has 1 atom stereocenters. The number of anilines is 1. The first kappa shape index (κ1) is 25.6. The predicted octanol–water partition coefficient (Wildman–Crippen LogP) is 6.34. The third-order valence-electron chi connectivity index (χ3n) is 6.37. The van der Waals surface area contributed by atoms with Crippen LogP contribution in [0.4, 0.5) is 23.5 Å². The molecular formula is C27H26F4N6O. The van der Waals surface area contributed by atoms with Crippen molar-refractivity contribution in [3.8, 4) is 28.5 Å². The molecule has 11 heteroatoms. The van der Waals surface area contributed by atoms with Crippen molar-refractivity contribution in [1.82, 2.24) is 24.5 Å². The summed E-state index contributed by atoms with van der Waals surface area (Å²) in [5.74, 6) is 1.09. The molecule has 0 aliphatic carbocycles. The first-order chi connectivity index (χ1) is 18.3. The summed E-state index contributed by atoms with van der Waals surface area (Å²) in [6.07, 6.45) is 1.40. The van der Waals surface area contributed by atoms with Crippen LogP contribution in [0.15, 0.2) is 54.9 Å². The van der Waals surface area contributed by atoms with Crippen molar-refractivity contribution in [2.45, 2.75) is 44.8 Å². The Bertz CT molecular complexity index is 1390. The minimum absolute atomic E-state index is 0.108. The fourth-order valence-corrected chi connectivity index (χ4v) is 4.45. The zero-order chi connectivity index (χ0) is 26.7. The van der Waals surface area contributed by atoms with Crippen LogP contribution in [0.2, 0.25) is 0 Å². The molecule has 4 heterocycles. The van der Waals surface area contributed by atoms with Crippen molar-refractivity contribution in [3.05, 3.63) is 72.1 Å². The molecule has 0 fully saturated rings. The molecule has 1 aliphatic heterocycles. The molecule has 0 amide bonds. The van der Waals surface area contributed by atoms with Crippen molar-refractivity contribution < 1.29 is 22.3 Å². The maximum absolute atomic E-state index is 13.7. The average molecular weight is 527 g/mol. The van der Waals surface area contributed by atoms with Gasteiger partial charge in [-0.15, -0.1) is 0 Å². The fourth-order valence-electron chi connectivity index (χ4n) is 4.45. The molecule has 0 spiro atoms. The zero-order valence-corrected chi connectivity index (χ0v) is 20.7. The number of hydrogen-bond acceptors (Lipinski definition) is 6. The molecule has 0 saturated carbocycles. The number of alkyl halides is 3. The van der Waals surface area contributed by atoms with Gasteiger partial charge in [-0.3, -0.25) is 0 Å². The molecule has 0 saturated heterocycles. The molecule has 7 nitrogen and oxygen atoms in total. The fraction of sp³-hybridized carbons (Fsp3) is 0.333. The lowest BCUT2D eigenvalue weighted by atomic mass is 10.1. The molecule has 38 heavy (non-hydrogen) atoms. The largest absolute Gasteiger partial charge is 0.475 e. The molecular weight excluding hydrogens is 500 g/mol. The maximum Gasteiger partial charge on any atom is 0.417 e. The van der Waals surface area contributed by atoms with Gasteiger partial charge in [0, 0.05) is 37.0 Å². The number of pyridine rings is 1. The van der Waals surface area contributed by atoms with Gasteiger partial charge in [-0.05, 0) is 49.2 Å². The Morgan fingerprint density at radius 3 is 2.58 bits per heavy atom. The van der Waals surface area contributed by atoms with Gasteiger partial charge in [0.2, 0.25) is 11.8 Å². The molecule has 4 aromatic rings. The molecule has 198 valence electrons. The van der Waals surface area contributed by atoms with Crippen LogP contribution in [-0.2, 0) is 12.6 Å². The highest BCUT2D eigenvalue weighted by molar-refractivity contribution is 5.78. The second-order valence-electron chi connectivity index (χ2n) is 9.03. The van der Waals surface area contributed by atoms with E-state index in [1.807, 2.05) is 0 Å². The minimum Gasteiger partial charge on any atom is -0.475 e. The summed E-state index contributed by atoms with van der Waals surface area (Å²) in [6, 6.07) is 9.94. The average Bonchev–Trinajstić information content (AvgIpc) is 3.47. The highest BCUT2D eigenvalue weighted by atomic mass is 19.4. The number of benzene rings is 1. The van der Waals surface area contributed by atoms with E-state index in [4.69, 9.17) is 14.7 Å². The van der Waals surface area contributed by atoms with Crippen LogP contribution in [-0.4, -0.2) is 37.7 Å². The normalized spacial score (nSPS) is 14.9. The summed E-state index contributed by atoms with van der Waals surface area (Å²) in [5, 5.41) is 3.24. The van der Waals surface area contributed by atoms with Gasteiger partial charge in [-0.1, -0.05) is 13.3 Å². The second kappa shape index (κ2) is 10.8. The van der Waals surface area contributed by atoms with E-state index >= 15 is 0 Å². The summed E-state index contributed by atoms with van der Waals surface area (Å²) >= 11 is 0. The van der Waals surface area contributed by atoms with Crippen LogP contribution in [0.5, 0.6) is 5.88 Å². The van der Waals surface area contributed by atoms with Crippen LogP contribution in [0.3, 0.4) is 0 Å². The number of hydrogen-bond donors (Lipinski definition) is 1. The summed E-state index contributed by atoms with van der Waals surface area (Å²) in [6.45, 7) is 3.03. The molecule has 1 N–H and O–H groups in total. The van der Waals surface area contributed by atoms with Crippen molar-refractivity contribution in [2.24, 2.45) is 0 Å². The van der Waals surface area contributed by atoms with Gasteiger partial charge in [0.25, 0.3) is 0 Å². The molecule has 0 radical (unpaired) electrons.